The van der Waals surface area contributed by atoms with Gasteiger partial charge >= 0.3 is 0 Å². The van der Waals surface area contributed by atoms with Crippen molar-refractivity contribution in [1.29, 1.82) is 0 Å². The van der Waals surface area contributed by atoms with Crippen LogP contribution in [-0.2, 0) is 6.42 Å². The summed E-state index contributed by atoms with van der Waals surface area (Å²) in [6.07, 6.45) is 0.327. The Bertz CT molecular complexity index is 534. The van der Waals surface area contributed by atoms with Crippen molar-refractivity contribution in [3.63, 3.8) is 0 Å². The zero-order valence-electron chi connectivity index (χ0n) is 9.77. The van der Waals surface area contributed by atoms with Crippen LogP contribution in [-0.4, -0.2) is 17.9 Å². The van der Waals surface area contributed by atoms with E-state index in [0.717, 1.165) is 16.3 Å². The van der Waals surface area contributed by atoms with Crippen molar-refractivity contribution in [2.75, 3.05) is 7.11 Å². The lowest BCUT2D eigenvalue weighted by Gasteiger charge is -2.06. The summed E-state index contributed by atoms with van der Waals surface area (Å²) >= 11 is 1.49. The molecule has 0 unspecified atom stereocenters. The molecule has 2 rings (SSSR count). The van der Waals surface area contributed by atoms with E-state index in [1.54, 1.807) is 12.5 Å². The van der Waals surface area contributed by atoms with Crippen LogP contribution in [0.1, 0.15) is 21.1 Å². The minimum Gasteiger partial charge on any atom is -0.496 e. The summed E-state index contributed by atoms with van der Waals surface area (Å²) < 4.78 is 5.22. The molecular weight excluding hydrogens is 234 g/mol. The maximum Gasteiger partial charge on any atom is 0.186 e. The molecule has 4 heteroatoms. The highest BCUT2D eigenvalue weighted by Gasteiger charge is 2.12. The number of carbonyl (C=O) groups excluding carboxylic acids is 1. The summed E-state index contributed by atoms with van der Waals surface area (Å²) in [5.41, 5.74) is 1.43. The predicted octanol–water partition coefficient (Wildman–Crippen LogP) is 2.89. The predicted molar refractivity (Wildman–Crippen MR) is 67.9 cm³/mol. The molecule has 2 aromatic rings. The fourth-order valence-corrected chi connectivity index (χ4v) is 2.22. The number of hydrogen-bond acceptors (Lipinski definition) is 4. The molecule has 3 nitrogen and oxygen atoms in total. The molecule has 88 valence electrons. The topological polar surface area (TPSA) is 39.2 Å². The van der Waals surface area contributed by atoms with Crippen LogP contribution in [0, 0.1) is 6.92 Å². The zero-order chi connectivity index (χ0) is 12.3. The summed E-state index contributed by atoms with van der Waals surface area (Å²) in [6.45, 7) is 1.89. The monoisotopic (exact) mass is 247 g/mol. The fourth-order valence-electron chi connectivity index (χ4n) is 1.60. The van der Waals surface area contributed by atoms with Crippen LogP contribution in [0.15, 0.2) is 29.6 Å². The number of methoxy groups -OCH3 is 1. The Morgan fingerprint density at radius 3 is 2.82 bits per heavy atom. The van der Waals surface area contributed by atoms with Crippen molar-refractivity contribution in [2.45, 2.75) is 13.3 Å². The minimum absolute atomic E-state index is 0.0267. The van der Waals surface area contributed by atoms with Gasteiger partial charge in [-0.2, -0.15) is 0 Å². The van der Waals surface area contributed by atoms with E-state index in [4.69, 9.17) is 4.74 Å². The summed E-state index contributed by atoms with van der Waals surface area (Å²) in [4.78, 5) is 16.2. The average molecular weight is 247 g/mol. The van der Waals surface area contributed by atoms with Crippen molar-refractivity contribution in [3.8, 4) is 5.75 Å². The highest BCUT2D eigenvalue weighted by atomic mass is 32.1. The second-order valence-corrected chi connectivity index (χ2v) is 4.73. The zero-order valence-corrected chi connectivity index (χ0v) is 10.6. The first kappa shape index (κ1) is 11.8. The molecule has 0 fully saturated rings. The summed E-state index contributed by atoms with van der Waals surface area (Å²) in [5.74, 6) is 0.770. The molecular formula is C13H13NO2S. The van der Waals surface area contributed by atoms with E-state index in [-0.39, 0.29) is 5.78 Å². The third-order valence-corrected chi connectivity index (χ3v) is 3.22. The van der Waals surface area contributed by atoms with Gasteiger partial charge in [-0.25, -0.2) is 4.98 Å². The van der Waals surface area contributed by atoms with Crippen LogP contribution in [0.4, 0.5) is 0 Å². The number of Topliss-reactive ketones (excluding diaryl/α,β-unsaturated/α-hetero) is 1. The molecule has 0 bridgehead atoms. The molecule has 0 saturated carbocycles. The fraction of sp³-hybridized carbons (Fsp3) is 0.231. The Kier molecular flexibility index (Phi) is 3.54. The van der Waals surface area contributed by atoms with Crippen molar-refractivity contribution < 1.29 is 9.53 Å². The van der Waals surface area contributed by atoms with Gasteiger partial charge in [-0.1, -0.05) is 18.2 Å². The molecule has 0 amide bonds. The maximum absolute atomic E-state index is 12.0. The normalized spacial score (nSPS) is 10.2. The van der Waals surface area contributed by atoms with E-state index in [2.05, 4.69) is 4.98 Å². The third kappa shape index (κ3) is 2.71. The number of para-hydroxylation sites is 1. The number of carbonyl (C=O) groups is 1. The molecule has 0 atom stereocenters. The molecule has 0 aliphatic carbocycles. The minimum atomic E-state index is 0.0267. The van der Waals surface area contributed by atoms with Crippen LogP contribution >= 0.6 is 11.3 Å². The number of rotatable bonds is 4. The van der Waals surface area contributed by atoms with Crippen molar-refractivity contribution >= 4 is 17.1 Å². The van der Waals surface area contributed by atoms with E-state index in [1.165, 1.54) is 11.3 Å². The van der Waals surface area contributed by atoms with Crippen molar-refractivity contribution in [3.05, 3.63) is 45.9 Å². The van der Waals surface area contributed by atoms with Gasteiger partial charge in [-0.3, -0.25) is 4.79 Å². The van der Waals surface area contributed by atoms with E-state index in [1.807, 2.05) is 31.2 Å². The smallest absolute Gasteiger partial charge is 0.186 e. The largest absolute Gasteiger partial charge is 0.496 e. The number of hydrogen-bond donors (Lipinski definition) is 0. The van der Waals surface area contributed by atoms with Gasteiger partial charge in [0.1, 0.15) is 11.4 Å². The Hall–Kier alpha value is -1.68. The number of benzene rings is 1. The molecule has 17 heavy (non-hydrogen) atoms. The molecule has 1 aromatic carbocycles. The van der Waals surface area contributed by atoms with Gasteiger partial charge in [0.2, 0.25) is 0 Å². The van der Waals surface area contributed by atoms with Crippen LogP contribution in [0.25, 0.3) is 0 Å². The van der Waals surface area contributed by atoms with Gasteiger partial charge in [-0.05, 0) is 13.0 Å². The molecule has 1 aromatic heterocycles. The first-order valence-electron chi connectivity index (χ1n) is 5.28. The molecule has 1 heterocycles. The van der Waals surface area contributed by atoms with Gasteiger partial charge in [0.25, 0.3) is 0 Å². The Balaban J connectivity index is 2.18. The summed E-state index contributed by atoms with van der Waals surface area (Å²) in [7, 11) is 1.61. The van der Waals surface area contributed by atoms with Crippen LogP contribution in [0.2, 0.25) is 0 Å². The van der Waals surface area contributed by atoms with Crippen molar-refractivity contribution in [1.82, 2.24) is 4.98 Å². The number of ketones is 1. The number of nitrogens with zero attached hydrogens (tertiary/aromatic N) is 1. The molecule has 0 aliphatic heterocycles. The van der Waals surface area contributed by atoms with E-state index < -0.39 is 0 Å². The lowest BCUT2D eigenvalue weighted by molar-refractivity contribution is 0.0988. The van der Waals surface area contributed by atoms with Crippen LogP contribution in [0.5, 0.6) is 5.75 Å². The Morgan fingerprint density at radius 1 is 1.41 bits per heavy atom. The van der Waals surface area contributed by atoms with Crippen molar-refractivity contribution in [2.24, 2.45) is 0 Å². The summed E-state index contributed by atoms with van der Waals surface area (Å²) in [6, 6.07) is 7.54. The maximum atomic E-state index is 12.0. The molecule has 0 saturated heterocycles. The Morgan fingerprint density at radius 2 is 2.18 bits per heavy atom. The van der Waals surface area contributed by atoms with E-state index in [0.29, 0.717) is 12.1 Å². The van der Waals surface area contributed by atoms with E-state index >= 15 is 0 Å². The highest BCUT2D eigenvalue weighted by Crippen LogP contribution is 2.19. The van der Waals surface area contributed by atoms with Gasteiger partial charge in [0.15, 0.2) is 5.78 Å². The van der Waals surface area contributed by atoms with Gasteiger partial charge < -0.3 is 4.74 Å². The number of aryl methyl sites for hydroxylation is 1. The number of aromatic nitrogens is 1. The summed E-state index contributed by atoms with van der Waals surface area (Å²) in [5, 5.41) is 2.71. The van der Waals surface area contributed by atoms with Gasteiger partial charge in [0, 0.05) is 17.4 Å². The average Bonchev–Trinajstić information content (AvgIpc) is 2.77. The lowest BCUT2D eigenvalue weighted by Crippen LogP contribution is -2.05. The molecule has 0 spiro atoms. The molecule has 0 radical (unpaired) electrons. The van der Waals surface area contributed by atoms with E-state index in [9.17, 15) is 4.79 Å². The lowest BCUT2D eigenvalue weighted by atomic mass is 10.1. The number of ether oxygens (including phenoxy) is 1. The van der Waals surface area contributed by atoms with Crippen LogP contribution in [0.3, 0.4) is 0 Å². The third-order valence-electron chi connectivity index (χ3n) is 2.45. The van der Waals surface area contributed by atoms with Gasteiger partial charge in [-0.15, -0.1) is 11.3 Å². The first-order chi connectivity index (χ1) is 8.20. The Labute approximate surface area is 104 Å². The van der Waals surface area contributed by atoms with Gasteiger partial charge in [0.05, 0.1) is 12.1 Å². The quantitative estimate of drug-likeness (QED) is 0.780. The second-order valence-electron chi connectivity index (χ2n) is 3.66. The SMILES string of the molecule is COc1ccccc1CC(=O)c1csc(C)n1. The number of thiazole rings is 1. The standard InChI is InChI=1S/C13H13NO2S/c1-9-14-11(8-17-9)12(15)7-10-5-3-4-6-13(10)16-2/h3-6,8H,7H2,1-2H3. The highest BCUT2D eigenvalue weighted by molar-refractivity contribution is 7.09. The first-order valence-corrected chi connectivity index (χ1v) is 6.16. The second kappa shape index (κ2) is 5.10. The molecule has 0 N–H and O–H groups in total. The van der Waals surface area contributed by atoms with Crippen LogP contribution < -0.4 is 4.74 Å². The molecule has 0 aliphatic rings.